The third-order valence-corrected chi connectivity index (χ3v) is 4.55. The molecule has 0 aliphatic rings. The van der Waals surface area contributed by atoms with Crippen molar-refractivity contribution in [3.63, 3.8) is 0 Å². The first-order chi connectivity index (χ1) is 10.9. The molecule has 0 bridgehead atoms. The van der Waals surface area contributed by atoms with Gasteiger partial charge in [-0.15, -0.1) is 11.8 Å². The zero-order valence-electron chi connectivity index (χ0n) is 12.8. The van der Waals surface area contributed by atoms with Gasteiger partial charge in [0.15, 0.2) is 0 Å². The Morgan fingerprint density at radius 2 is 1.74 bits per heavy atom. The lowest BCUT2D eigenvalue weighted by molar-refractivity contribution is -0.115. The van der Waals surface area contributed by atoms with Crippen LogP contribution < -0.4 is 10.6 Å². The number of carbonyl (C=O) groups excluding carboxylic acids is 2. The highest BCUT2D eigenvalue weighted by atomic mass is 79.9. The molecule has 4 nitrogen and oxygen atoms in total. The Kier molecular flexibility index (Phi) is 6.24. The van der Waals surface area contributed by atoms with Gasteiger partial charge in [-0.25, -0.2) is 0 Å². The van der Waals surface area contributed by atoms with Crippen LogP contribution in [0.4, 0.5) is 11.4 Å². The molecular weight excluding hydrogens is 376 g/mol. The fraction of sp³-hybridized carbons (Fsp3) is 0.176. The molecule has 0 heterocycles. The number of amides is 2. The molecule has 2 aromatic rings. The van der Waals surface area contributed by atoms with Gasteiger partial charge in [-0.2, -0.15) is 0 Å². The van der Waals surface area contributed by atoms with E-state index in [0.29, 0.717) is 0 Å². The number of benzene rings is 2. The number of carbonyl (C=O) groups is 2. The zero-order valence-corrected chi connectivity index (χ0v) is 15.2. The van der Waals surface area contributed by atoms with E-state index in [4.69, 9.17) is 0 Å². The fourth-order valence-corrected chi connectivity index (χ4v) is 3.15. The number of anilines is 2. The number of thioether (sulfide) groups is 1. The molecule has 23 heavy (non-hydrogen) atoms. The van der Waals surface area contributed by atoms with E-state index in [9.17, 15) is 9.59 Å². The Bertz CT molecular complexity index is 704. The number of hydrogen-bond acceptors (Lipinski definition) is 3. The third-order valence-electron chi connectivity index (χ3n) is 2.95. The smallest absolute Gasteiger partial charge is 0.237 e. The second-order valence-corrected chi connectivity index (χ2v) is 7.30. The minimum atomic E-state index is -0.236. The lowest BCUT2D eigenvalue weighted by Gasteiger charge is -2.12. The molecule has 0 saturated heterocycles. The Hall–Kier alpha value is -1.79. The van der Waals surface area contributed by atoms with Gasteiger partial charge in [-0.3, -0.25) is 9.59 Å². The van der Waals surface area contributed by atoms with Gasteiger partial charge >= 0.3 is 0 Å². The van der Waals surface area contributed by atoms with E-state index in [1.54, 1.807) is 0 Å². The lowest BCUT2D eigenvalue weighted by Crippen LogP contribution is -2.22. The van der Waals surface area contributed by atoms with Crippen molar-refractivity contribution >= 4 is 50.9 Å². The average molecular weight is 393 g/mol. The summed E-state index contributed by atoms with van der Waals surface area (Å²) >= 11 is 4.85. The molecule has 2 amide bonds. The van der Waals surface area contributed by atoms with Crippen molar-refractivity contribution < 1.29 is 9.59 Å². The molecule has 2 aromatic carbocycles. The summed E-state index contributed by atoms with van der Waals surface area (Å²) in [5.41, 5.74) is 1.51. The van der Waals surface area contributed by atoms with Crippen LogP contribution in [0.15, 0.2) is 57.9 Å². The van der Waals surface area contributed by atoms with Gasteiger partial charge in [-0.05, 0) is 49.4 Å². The van der Waals surface area contributed by atoms with Crippen LogP contribution >= 0.6 is 27.7 Å². The first kappa shape index (κ1) is 17.6. The van der Waals surface area contributed by atoms with E-state index in [1.807, 2.05) is 55.5 Å². The van der Waals surface area contributed by atoms with E-state index in [0.717, 1.165) is 20.7 Å². The van der Waals surface area contributed by atoms with Crippen LogP contribution in [0.25, 0.3) is 0 Å². The van der Waals surface area contributed by atoms with E-state index in [1.165, 1.54) is 18.7 Å². The summed E-state index contributed by atoms with van der Waals surface area (Å²) in [5.74, 6) is -0.161. The molecule has 6 heteroatoms. The van der Waals surface area contributed by atoms with Gasteiger partial charge in [0.2, 0.25) is 11.8 Å². The van der Waals surface area contributed by atoms with E-state index in [2.05, 4.69) is 26.6 Å². The molecule has 1 atom stereocenters. The number of rotatable bonds is 5. The predicted octanol–water partition coefficient (Wildman–Crippen LogP) is 4.53. The molecule has 120 valence electrons. The van der Waals surface area contributed by atoms with Crippen molar-refractivity contribution in [1.29, 1.82) is 0 Å². The Morgan fingerprint density at radius 1 is 1.04 bits per heavy atom. The summed E-state index contributed by atoms with van der Waals surface area (Å²) in [4.78, 5) is 24.2. The first-order valence-electron chi connectivity index (χ1n) is 7.05. The van der Waals surface area contributed by atoms with Crippen LogP contribution in [0.3, 0.4) is 0 Å². The molecule has 0 aromatic heterocycles. The quantitative estimate of drug-likeness (QED) is 0.734. The lowest BCUT2D eigenvalue weighted by atomic mass is 10.3. The highest BCUT2D eigenvalue weighted by Gasteiger charge is 2.14. The van der Waals surface area contributed by atoms with Crippen molar-refractivity contribution in [2.45, 2.75) is 24.0 Å². The summed E-state index contributed by atoms with van der Waals surface area (Å²) < 4.78 is 0.921. The fourth-order valence-electron chi connectivity index (χ4n) is 1.89. The van der Waals surface area contributed by atoms with Gasteiger partial charge in [0, 0.05) is 27.7 Å². The second kappa shape index (κ2) is 8.17. The van der Waals surface area contributed by atoms with Crippen molar-refractivity contribution in [3.8, 4) is 0 Å². The van der Waals surface area contributed by atoms with Gasteiger partial charge in [0.05, 0.1) is 5.25 Å². The van der Waals surface area contributed by atoms with E-state index >= 15 is 0 Å². The van der Waals surface area contributed by atoms with Crippen molar-refractivity contribution in [2.75, 3.05) is 10.6 Å². The summed E-state index contributed by atoms with van der Waals surface area (Å²) in [5, 5.41) is 5.37. The molecule has 0 aliphatic heterocycles. The molecule has 0 unspecified atom stereocenters. The summed E-state index contributed by atoms with van der Waals surface area (Å²) in [7, 11) is 0. The highest BCUT2D eigenvalue weighted by Crippen LogP contribution is 2.26. The molecule has 0 radical (unpaired) electrons. The Labute approximate surface area is 148 Å². The molecule has 0 aliphatic carbocycles. The normalized spacial score (nSPS) is 11.6. The van der Waals surface area contributed by atoms with Crippen LogP contribution in [-0.2, 0) is 9.59 Å². The van der Waals surface area contributed by atoms with Crippen LogP contribution in [0.2, 0.25) is 0 Å². The predicted molar refractivity (Wildman–Crippen MR) is 98.8 cm³/mol. The van der Waals surface area contributed by atoms with Gasteiger partial charge in [-0.1, -0.05) is 22.0 Å². The monoisotopic (exact) mass is 392 g/mol. The maximum Gasteiger partial charge on any atom is 0.237 e. The number of nitrogens with one attached hydrogen (secondary N) is 2. The summed E-state index contributed by atoms with van der Waals surface area (Å²) in [6, 6.07) is 14.9. The van der Waals surface area contributed by atoms with Crippen LogP contribution in [0, 0.1) is 0 Å². The number of halogens is 1. The zero-order chi connectivity index (χ0) is 16.8. The standard InChI is InChI=1S/C17H17BrN2O2S/c1-11(17(22)20-15-5-3-4-13(18)10-15)23-16-8-6-14(7-9-16)19-12(2)21/h3-11H,1-2H3,(H,19,21)(H,20,22)/t11-/m1/s1. The topological polar surface area (TPSA) is 58.2 Å². The van der Waals surface area contributed by atoms with E-state index < -0.39 is 0 Å². The number of hydrogen-bond donors (Lipinski definition) is 2. The van der Waals surface area contributed by atoms with Crippen LogP contribution in [0.5, 0.6) is 0 Å². The average Bonchev–Trinajstić information content (AvgIpc) is 2.48. The minimum absolute atomic E-state index is 0.0564. The SMILES string of the molecule is CC(=O)Nc1ccc(S[C@H](C)C(=O)Nc2cccc(Br)c2)cc1. The molecular formula is C17H17BrN2O2S. The summed E-state index contributed by atoms with van der Waals surface area (Å²) in [6.07, 6.45) is 0. The third kappa shape index (κ3) is 5.73. The van der Waals surface area contributed by atoms with E-state index in [-0.39, 0.29) is 17.1 Å². The molecule has 0 fully saturated rings. The maximum absolute atomic E-state index is 12.2. The molecule has 0 saturated carbocycles. The molecule has 2 N–H and O–H groups in total. The Morgan fingerprint density at radius 3 is 2.35 bits per heavy atom. The second-order valence-electron chi connectivity index (χ2n) is 4.97. The van der Waals surface area contributed by atoms with Crippen LogP contribution in [-0.4, -0.2) is 17.1 Å². The van der Waals surface area contributed by atoms with Crippen molar-refractivity contribution in [1.82, 2.24) is 0 Å². The van der Waals surface area contributed by atoms with Crippen molar-refractivity contribution in [2.24, 2.45) is 0 Å². The molecule has 0 spiro atoms. The minimum Gasteiger partial charge on any atom is -0.326 e. The van der Waals surface area contributed by atoms with Gasteiger partial charge in [0.1, 0.15) is 0 Å². The van der Waals surface area contributed by atoms with Crippen LogP contribution in [0.1, 0.15) is 13.8 Å². The maximum atomic E-state index is 12.2. The largest absolute Gasteiger partial charge is 0.326 e. The van der Waals surface area contributed by atoms with Gasteiger partial charge in [0.25, 0.3) is 0 Å². The summed E-state index contributed by atoms with van der Waals surface area (Å²) in [6.45, 7) is 3.33. The van der Waals surface area contributed by atoms with Crippen molar-refractivity contribution in [3.05, 3.63) is 53.0 Å². The van der Waals surface area contributed by atoms with Gasteiger partial charge < -0.3 is 10.6 Å². The first-order valence-corrected chi connectivity index (χ1v) is 8.72. The molecule has 2 rings (SSSR count). The Balaban J connectivity index is 1.94. The highest BCUT2D eigenvalue weighted by molar-refractivity contribution is 9.10.